The Hall–Kier alpha value is -2.36. The Labute approximate surface area is 174 Å². The van der Waals surface area contributed by atoms with Gasteiger partial charge in [-0.3, -0.25) is 9.20 Å². The van der Waals surface area contributed by atoms with Crippen molar-refractivity contribution in [1.29, 1.82) is 0 Å². The molecule has 3 heterocycles. The lowest BCUT2D eigenvalue weighted by Crippen LogP contribution is -2.14. The lowest BCUT2D eigenvalue weighted by molar-refractivity contribution is 0.290. The summed E-state index contributed by atoms with van der Waals surface area (Å²) >= 11 is 8.82. The van der Waals surface area contributed by atoms with Gasteiger partial charge in [0.15, 0.2) is 15.9 Å². The summed E-state index contributed by atoms with van der Waals surface area (Å²) in [4.78, 5) is 17.5. The highest BCUT2D eigenvalue weighted by Crippen LogP contribution is 2.22. The molecule has 4 rings (SSSR count). The number of ether oxygens (including phenoxy) is 1. The first-order valence-corrected chi connectivity index (χ1v) is 10.6. The number of fused-ring (bicyclic) bond motifs is 1. The van der Waals surface area contributed by atoms with Crippen molar-refractivity contribution in [2.24, 2.45) is 7.05 Å². The molecule has 0 saturated heterocycles. The highest BCUT2D eigenvalue weighted by molar-refractivity contribution is 7.98. The highest BCUT2D eigenvalue weighted by atomic mass is 35.5. The third kappa shape index (κ3) is 3.91. The second kappa shape index (κ2) is 7.94. The largest absolute Gasteiger partial charge is 0.486 e. The highest BCUT2D eigenvalue weighted by Gasteiger charge is 2.12. The molecule has 1 aromatic carbocycles. The van der Waals surface area contributed by atoms with Crippen molar-refractivity contribution in [3.05, 3.63) is 68.3 Å². The van der Waals surface area contributed by atoms with Crippen LogP contribution in [-0.4, -0.2) is 24.1 Å². The van der Waals surface area contributed by atoms with E-state index >= 15 is 0 Å². The molecule has 0 unspecified atom stereocenters. The minimum atomic E-state index is -0.0608. The van der Waals surface area contributed by atoms with E-state index in [4.69, 9.17) is 16.3 Å². The van der Waals surface area contributed by atoms with Crippen molar-refractivity contribution in [2.75, 3.05) is 0 Å². The van der Waals surface area contributed by atoms with E-state index in [1.807, 2.05) is 23.9 Å². The maximum absolute atomic E-state index is 12.3. The molecule has 4 aromatic rings. The number of halogens is 1. The Bertz CT molecular complexity index is 1180. The molecule has 10 heteroatoms. The number of aromatic nitrogens is 5. The van der Waals surface area contributed by atoms with Gasteiger partial charge >= 0.3 is 0 Å². The third-order valence-corrected chi connectivity index (χ3v) is 6.33. The van der Waals surface area contributed by atoms with E-state index in [-0.39, 0.29) is 5.56 Å². The number of thioether (sulfide) groups is 1. The molecule has 7 nitrogen and oxygen atoms in total. The van der Waals surface area contributed by atoms with Crippen LogP contribution in [0.4, 0.5) is 0 Å². The first kappa shape index (κ1) is 19.0. The molecule has 3 aromatic heterocycles. The first-order chi connectivity index (χ1) is 13.5. The average Bonchev–Trinajstić information content (AvgIpc) is 3.23. The van der Waals surface area contributed by atoms with Crippen LogP contribution in [0.5, 0.6) is 5.75 Å². The van der Waals surface area contributed by atoms with Gasteiger partial charge in [0, 0.05) is 35.0 Å². The Morgan fingerprint density at radius 1 is 1.25 bits per heavy atom. The minimum absolute atomic E-state index is 0.0608. The van der Waals surface area contributed by atoms with Gasteiger partial charge < -0.3 is 9.30 Å². The van der Waals surface area contributed by atoms with Crippen LogP contribution in [0.15, 0.2) is 45.7 Å². The molecule has 0 aliphatic rings. The van der Waals surface area contributed by atoms with Crippen LogP contribution < -0.4 is 10.3 Å². The summed E-state index contributed by atoms with van der Waals surface area (Å²) in [6.45, 7) is 2.19. The predicted octanol–water partition coefficient (Wildman–Crippen LogP) is 3.72. The van der Waals surface area contributed by atoms with Crippen molar-refractivity contribution < 1.29 is 4.74 Å². The van der Waals surface area contributed by atoms with Crippen LogP contribution in [-0.2, 0) is 19.4 Å². The first-order valence-electron chi connectivity index (χ1n) is 8.37. The normalized spacial score (nSPS) is 11.2. The van der Waals surface area contributed by atoms with Crippen molar-refractivity contribution in [3.8, 4) is 5.75 Å². The number of hydrogen-bond acceptors (Lipinski definition) is 7. The number of benzene rings is 1. The van der Waals surface area contributed by atoms with Gasteiger partial charge in [-0.25, -0.2) is 4.98 Å². The number of nitrogens with zero attached hydrogens (tertiary/aromatic N) is 5. The van der Waals surface area contributed by atoms with Crippen LogP contribution in [0.1, 0.15) is 17.2 Å². The zero-order chi connectivity index (χ0) is 19.7. The van der Waals surface area contributed by atoms with E-state index in [9.17, 15) is 4.79 Å². The van der Waals surface area contributed by atoms with Crippen LogP contribution in [0.2, 0.25) is 5.02 Å². The van der Waals surface area contributed by atoms with Crippen molar-refractivity contribution in [3.63, 3.8) is 0 Å². The molecule has 0 spiro atoms. The summed E-state index contributed by atoms with van der Waals surface area (Å²) < 4.78 is 9.22. The zero-order valence-electron chi connectivity index (χ0n) is 15.1. The standard InChI is InChI=1S/C18H16ClN5O2S2/c1-11-9-27-17-20-13(7-16(25)24(11)17)10-28-18-22-21-15(23(18)2)8-26-14-5-3-12(19)4-6-14/h3-7,9H,8,10H2,1-2H3. The molecule has 0 atom stereocenters. The van der Waals surface area contributed by atoms with Crippen LogP contribution in [0.25, 0.3) is 4.96 Å². The van der Waals surface area contributed by atoms with Gasteiger partial charge in [0.25, 0.3) is 5.56 Å². The molecule has 0 amide bonds. The number of hydrogen-bond donors (Lipinski definition) is 0. The van der Waals surface area contributed by atoms with Crippen molar-refractivity contribution >= 4 is 39.7 Å². The van der Waals surface area contributed by atoms with Gasteiger partial charge in [-0.2, -0.15) is 0 Å². The van der Waals surface area contributed by atoms with Crippen LogP contribution >= 0.6 is 34.7 Å². The van der Waals surface area contributed by atoms with Gasteiger partial charge in [0.05, 0.1) is 5.69 Å². The smallest absolute Gasteiger partial charge is 0.258 e. The molecule has 0 bridgehead atoms. The maximum atomic E-state index is 12.3. The topological polar surface area (TPSA) is 74.3 Å². The molecule has 0 N–H and O–H groups in total. The summed E-state index contributed by atoms with van der Waals surface area (Å²) in [5.74, 6) is 1.95. The van der Waals surface area contributed by atoms with E-state index in [0.717, 1.165) is 16.5 Å². The SMILES string of the molecule is Cc1csc2nc(CSc3nnc(COc4ccc(Cl)cc4)n3C)cc(=O)n12. The molecule has 0 saturated carbocycles. The monoisotopic (exact) mass is 433 g/mol. The summed E-state index contributed by atoms with van der Waals surface area (Å²) in [6, 6.07) is 8.73. The number of rotatable bonds is 6. The summed E-state index contributed by atoms with van der Waals surface area (Å²) in [5.41, 5.74) is 1.56. The summed E-state index contributed by atoms with van der Waals surface area (Å²) in [6.07, 6.45) is 0. The van der Waals surface area contributed by atoms with Crippen LogP contribution in [0, 0.1) is 6.92 Å². The molecule has 0 fully saturated rings. The Balaban J connectivity index is 1.43. The van der Waals surface area contributed by atoms with Crippen LogP contribution in [0.3, 0.4) is 0 Å². The summed E-state index contributed by atoms with van der Waals surface area (Å²) in [7, 11) is 1.89. The van der Waals surface area contributed by atoms with E-state index in [1.54, 1.807) is 34.7 Å². The minimum Gasteiger partial charge on any atom is -0.486 e. The fraction of sp³-hybridized carbons (Fsp3) is 0.222. The van der Waals surface area contributed by atoms with Gasteiger partial charge in [-0.15, -0.1) is 21.5 Å². The summed E-state index contributed by atoms with van der Waals surface area (Å²) in [5, 5.41) is 11.7. The van der Waals surface area contributed by atoms with E-state index < -0.39 is 0 Å². The number of thiazole rings is 1. The number of aryl methyl sites for hydroxylation is 1. The molecule has 28 heavy (non-hydrogen) atoms. The van der Waals surface area contributed by atoms with Gasteiger partial charge in [0.1, 0.15) is 12.4 Å². The zero-order valence-corrected chi connectivity index (χ0v) is 17.5. The van der Waals surface area contributed by atoms with Crippen molar-refractivity contribution in [1.82, 2.24) is 24.1 Å². The lowest BCUT2D eigenvalue weighted by atomic mass is 10.3. The molecule has 0 aliphatic heterocycles. The quantitative estimate of drug-likeness (QED) is 0.431. The second-order valence-electron chi connectivity index (χ2n) is 6.07. The van der Waals surface area contributed by atoms with E-state index in [0.29, 0.717) is 33.9 Å². The molecular weight excluding hydrogens is 418 g/mol. The maximum Gasteiger partial charge on any atom is 0.258 e. The van der Waals surface area contributed by atoms with E-state index in [2.05, 4.69) is 15.2 Å². The molecule has 144 valence electrons. The third-order valence-electron chi connectivity index (χ3n) is 4.08. The fourth-order valence-corrected chi connectivity index (χ4v) is 4.43. The van der Waals surface area contributed by atoms with Gasteiger partial charge in [-0.1, -0.05) is 23.4 Å². The Morgan fingerprint density at radius 2 is 2.04 bits per heavy atom. The molecule has 0 radical (unpaired) electrons. The Morgan fingerprint density at radius 3 is 2.82 bits per heavy atom. The van der Waals surface area contributed by atoms with Gasteiger partial charge in [0.2, 0.25) is 0 Å². The average molecular weight is 434 g/mol. The second-order valence-corrected chi connectivity index (χ2v) is 8.29. The van der Waals surface area contributed by atoms with Crippen molar-refractivity contribution in [2.45, 2.75) is 24.4 Å². The Kier molecular flexibility index (Phi) is 5.38. The predicted molar refractivity (Wildman–Crippen MR) is 110 cm³/mol. The fourth-order valence-electron chi connectivity index (χ4n) is 2.59. The lowest BCUT2D eigenvalue weighted by Gasteiger charge is -2.06. The molecule has 0 aliphatic carbocycles. The van der Waals surface area contributed by atoms with Gasteiger partial charge in [-0.05, 0) is 31.2 Å². The van der Waals surface area contributed by atoms with E-state index in [1.165, 1.54) is 23.1 Å². The molecular formula is C18H16ClN5O2S2.